The summed E-state index contributed by atoms with van der Waals surface area (Å²) in [7, 11) is 0. The Morgan fingerprint density at radius 1 is 1.11 bits per heavy atom. The highest BCUT2D eigenvalue weighted by atomic mass is 35.5. The van der Waals surface area contributed by atoms with Crippen molar-refractivity contribution in [2.45, 2.75) is 33.6 Å². The van der Waals surface area contributed by atoms with Crippen LogP contribution in [0.25, 0.3) is 0 Å². The second kappa shape index (κ2) is 5.41. The fourth-order valence-electron chi connectivity index (χ4n) is 2.81. The first-order chi connectivity index (χ1) is 8.79. The number of piperidine rings is 1. The third-order valence-corrected chi connectivity index (χ3v) is 4.85. The van der Waals surface area contributed by atoms with Crippen molar-refractivity contribution >= 4 is 34.6 Å². The van der Waals surface area contributed by atoms with Crippen LogP contribution in [0.15, 0.2) is 12.1 Å². The van der Waals surface area contributed by atoms with E-state index in [0.717, 1.165) is 24.7 Å². The van der Waals surface area contributed by atoms with Crippen LogP contribution in [0.1, 0.15) is 33.6 Å². The van der Waals surface area contributed by atoms with E-state index in [-0.39, 0.29) is 0 Å². The van der Waals surface area contributed by atoms with E-state index in [9.17, 15) is 0 Å². The predicted molar refractivity (Wildman–Crippen MR) is 85.3 cm³/mol. The van der Waals surface area contributed by atoms with Crippen LogP contribution in [0.3, 0.4) is 0 Å². The van der Waals surface area contributed by atoms with Crippen LogP contribution in [0.2, 0.25) is 10.0 Å². The van der Waals surface area contributed by atoms with Gasteiger partial charge in [-0.3, -0.25) is 0 Å². The molecule has 0 aliphatic carbocycles. The minimum atomic E-state index is 0.384. The third-order valence-electron chi connectivity index (χ3n) is 4.13. The molecule has 1 fully saturated rings. The number of anilines is 2. The van der Waals surface area contributed by atoms with E-state index in [1.54, 1.807) is 6.07 Å². The Bertz CT molecular complexity index is 458. The molecule has 1 aromatic rings. The Morgan fingerprint density at radius 3 is 2.16 bits per heavy atom. The van der Waals surface area contributed by atoms with E-state index >= 15 is 0 Å². The summed E-state index contributed by atoms with van der Waals surface area (Å²) in [6.45, 7) is 9.02. The molecule has 0 spiro atoms. The monoisotopic (exact) mass is 300 g/mol. The molecule has 1 aliphatic rings. The van der Waals surface area contributed by atoms with Gasteiger partial charge in [0.2, 0.25) is 0 Å². The van der Waals surface area contributed by atoms with Gasteiger partial charge in [-0.2, -0.15) is 0 Å². The number of hydrogen-bond acceptors (Lipinski definition) is 2. The zero-order valence-corrected chi connectivity index (χ0v) is 13.4. The maximum Gasteiger partial charge on any atom is 0.0615 e. The van der Waals surface area contributed by atoms with Crippen molar-refractivity contribution in [3.05, 3.63) is 22.2 Å². The van der Waals surface area contributed by atoms with Gasteiger partial charge in [0.15, 0.2) is 0 Å². The van der Waals surface area contributed by atoms with Gasteiger partial charge in [0.1, 0.15) is 0 Å². The average molecular weight is 301 g/mol. The normalized spacial score (nSPS) is 17.8. The van der Waals surface area contributed by atoms with E-state index in [1.165, 1.54) is 12.8 Å². The van der Waals surface area contributed by atoms with Crippen LogP contribution < -0.4 is 10.6 Å². The van der Waals surface area contributed by atoms with Crippen molar-refractivity contribution in [2.24, 2.45) is 11.3 Å². The number of hydrogen-bond donors (Lipinski definition) is 1. The van der Waals surface area contributed by atoms with E-state index < -0.39 is 0 Å². The first kappa shape index (κ1) is 14.8. The van der Waals surface area contributed by atoms with Crippen LogP contribution in [-0.4, -0.2) is 13.1 Å². The van der Waals surface area contributed by atoms with Gasteiger partial charge in [0.25, 0.3) is 0 Å². The molecule has 19 heavy (non-hydrogen) atoms. The quantitative estimate of drug-likeness (QED) is 0.752. The summed E-state index contributed by atoms with van der Waals surface area (Å²) in [6, 6.07) is 3.63. The lowest BCUT2D eigenvalue weighted by atomic mass is 9.75. The van der Waals surface area contributed by atoms with Gasteiger partial charge in [-0.25, -0.2) is 0 Å². The zero-order valence-electron chi connectivity index (χ0n) is 11.8. The zero-order chi connectivity index (χ0) is 14.2. The highest BCUT2D eigenvalue weighted by molar-refractivity contribution is 6.42. The third kappa shape index (κ3) is 3.29. The molecule has 0 atom stereocenters. The van der Waals surface area contributed by atoms with Crippen LogP contribution >= 0.6 is 23.2 Å². The maximum atomic E-state index is 6.09. The predicted octanol–water partition coefficient (Wildman–Crippen LogP) is 4.84. The summed E-state index contributed by atoms with van der Waals surface area (Å²) in [6.07, 6.45) is 2.40. The molecule has 0 amide bonds. The molecule has 2 nitrogen and oxygen atoms in total. The summed E-state index contributed by atoms with van der Waals surface area (Å²) < 4.78 is 0. The van der Waals surface area contributed by atoms with Gasteiger partial charge < -0.3 is 10.6 Å². The van der Waals surface area contributed by atoms with E-state index in [2.05, 4.69) is 25.7 Å². The SMILES string of the molecule is CC(C)(C)C1CCN(c2cc(Cl)c(Cl)cc2N)CC1. The molecular weight excluding hydrogens is 279 g/mol. The molecule has 0 radical (unpaired) electrons. The maximum absolute atomic E-state index is 6.09. The van der Waals surface area contributed by atoms with Crippen LogP contribution in [0.5, 0.6) is 0 Å². The Balaban J connectivity index is 2.12. The van der Waals surface area contributed by atoms with Crippen LogP contribution in [0.4, 0.5) is 11.4 Å². The number of benzene rings is 1. The van der Waals surface area contributed by atoms with Crippen molar-refractivity contribution in [3.8, 4) is 0 Å². The van der Waals surface area contributed by atoms with Gasteiger partial charge in [-0.05, 0) is 36.3 Å². The van der Waals surface area contributed by atoms with Gasteiger partial charge in [0.05, 0.1) is 21.4 Å². The molecule has 4 heteroatoms. The Labute approximate surface area is 125 Å². The fourth-order valence-corrected chi connectivity index (χ4v) is 3.14. The molecule has 0 saturated carbocycles. The molecular formula is C15H22Cl2N2. The highest BCUT2D eigenvalue weighted by Crippen LogP contribution is 2.38. The largest absolute Gasteiger partial charge is 0.397 e. The standard InChI is InChI=1S/C15H22Cl2N2/c1-15(2,3)10-4-6-19(7-5-10)14-9-12(17)11(16)8-13(14)18/h8-10H,4-7,18H2,1-3H3. The molecule has 2 N–H and O–H groups in total. The minimum Gasteiger partial charge on any atom is -0.397 e. The first-order valence-electron chi connectivity index (χ1n) is 6.78. The Morgan fingerprint density at radius 2 is 1.63 bits per heavy atom. The highest BCUT2D eigenvalue weighted by Gasteiger charge is 2.29. The minimum absolute atomic E-state index is 0.384. The molecule has 1 saturated heterocycles. The molecule has 2 rings (SSSR count). The molecule has 0 bridgehead atoms. The van der Waals surface area contributed by atoms with E-state index in [1.807, 2.05) is 6.07 Å². The van der Waals surface area contributed by atoms with Gasteiger partial charge in [-0.15, -0.1) is 0 Å². The molecule has 1 heterocycles. The van der Waals surface area contributed by atoms with Gasteiger partial charge in [-0.1, -0.05) is 44.0 Å². The Hall–Kier alpha value is -0.600. The lowest BCUT2D eigenvalue weighted by Crippen LogP contribution is -2.38. The Kier molecular flexibility index (Phi) is 4.22. The van der Waals surface area contributed by atoms with Crippen molar-refractivity contribution in [2.75, 3.05) is 23.7 Å². The molecule has 0 unspecified atom stereocenters. The second-order valence-corrected chi connectivity index (χ2v) is 7.27. The summed E-state index contributed by atoms with van der Waals surface area (Å²) in [5.41, 5.74) is 8.17. The number of rotatable bonds is 1. The molecule has 106 valence electrons. The fraction of sp³-hybridized carbons (Fsp3) is 0.600. The van der Waals surface area contributed by atoms with Gasteiger partial charge >= 0.3 is 0 Å². The van der Waals surface area contributed by atoms with Crippen molar-refractivity contribution in [1.82, 2.24) is 0 Å². The lowest BCUT2D eigenvalue weighted by molar-refractivity contribution is 0.199. The smallest absolute Gasteiger partial charge is 0.0615 e. The van der Waals surface area contributed by atoms with Crippen molar-refractivity contribution < 1.29 is 0 Å². The number of halogens is 2. The molecule has 1 aliphatic heterocycles. The first-order valence-corrected chi connectivity index (χ1v) is 7.54. The van der Waals surface area contributed by atoms with Crippen LogP contribution in [0, 0.1) is 11.3 Å². The van der Waals surface area contributed by atoms with E-state index in [4.69, 9.17) is 28.9 Å². The molecule has 0 aromatic heterocycles. The van der Waals surface area contributed by atoms with Crippen molar-refractivity contribution in [1.29, 1.82) is 0 Å². The summed E-state index contributed by atoms with van der Waals surface area (Å²) in [5.74, 6) is 0.771. The molecule has 1 aromatic carbocycles. The topological polar surface area (TPSA) is 29.3 Å². The lowest BCUT2D eigenvalue weighted by Gasteiger charge is -2.40. The number of nitrogen functional groups attached to an aromatic ring is 1. The van der Waals surface area contributed by atoms with Crippen LogP contribution in [-0.2, 0) is 0 Å². The van der Waals surface area contributed by atoms with Gasteiger partial charge in [0, 0.05) is 13.1 Å². The number of nitrogens with two attached hydrogens (primary N) is 1. The summed E-state index contributed by atoms with van der Waals surface area (Å²) >= 11 is 12.1. The number of nitrogens with zero attached hydrogens (tertiary/aromatic N) is 1. The van der Waals surface area contributed by atoms with Crippen molar-refractivity contribution in [3.63, 3.8) is 0 Å². The summed E-state index contributed by atoms with van der Waals surface area (Å²) in [4.78, 5) is 2.32. The average Bonchev–Trinajstić information content (AvgIpc) is 2.33. The van der Waals surface area contributed by atoms with E-state index in [0.29, 0.717) is 21.1 Å². The second-order valence-electron chi connectivity index (χ2n) is 6.45. The summed E-state index contributed by atoms with van der Waals surface area (Å²) in [5, 5.41) is 1.09.